The molecule has 2 rings (SSSR count). The van der Waals surface area contributed by atoms with Gasteiger partial charge in [-0.2, -0.15) is 0 Å². The van der Waals surface area contributed by atoms with Crippen LogP contribution in [-0.4, -0.2) is 43.7 Å². The Kier molecular flexibility index (Phi) is 5.35. The lowest BCUT2D eigenvalue weighted by atomic mass is 10.2. The number of carbonyl (C=O) groups is 1. The van der Waals surface area contributed by atoms with E-state index in [2.05, 4.69) is 22.1 Å². The summed E-state index contributed by atoms with van der Waals surface area (Å²) >= 11 is 0. The van der Waals surface area contributed by atoms with Crippen molar-refractivity contribution >= 4 is 11.8 Å². The first-order valence-electron chi connectivity index (χ1n) is 7.27. The fourth-order valence-electron chi connectivity index (χ4n) is 2.58. The maximum atomic E-state index is 11.6. The number of hydrogen-bond donors (Lipinski definition) is 1. The number of ether oxygens (including phenoxy) is 1. The average Bonchev–Trinajstić information content (AvgIpc) is 2.99. The topological polar surface area (TPSA) is 54.5 Å². The molecule has 1 aromatic heterocycles. The van der Waals surface area contributed by atoms with Gasteiger partial charge in [0.25, 0.3) is 0 Å². The second-order valence-corrected chi connectivity index (χ2v) is 5.13. The molecule has 20 heavy (non-hydrogen) atoms. The zero-order chi connectivity index (χ0) is 14.4. The first kappa shape index (κ1) is 14.8. The Morgan fingerprint density at radius 2 is 2.45 bits per heavy atom. The van der Waals surface area contributed by atoms with E-state index in [1.165, 1.54) is 20.0 Å². The van der Waals surface area contributed by atoms with E-state index in [0.717, 1.165) is 31.9 Å². The van der Waals surface area contributed by atoms with E-state index in [1.807, 2.05) is 6.07 Å². The first-order valence-corrected chi connectivity index (χ1v) is 7.27. The molecule has 0 spiro atoms. The molecule has 1 aliphatic rings. The fourth-order valence-corrected chi connectivity index (χ4v) is 2.58. The number of nitrogens with zero attached hydrogens (tertiary/aromatic N) is 2. The highest BCUT2D eigenvalue weighted by Crippen LogP contribution is 2.16. The molecule has 0 aromatic carbocycles. The van der Waals surface area contributed by atoms with Crippen LogP contribution in [0.5, 0.6) is 0 Å². The number of pyridine rings is 1. The molecule has 0 amide bonds. The lowest BCUT2D eigenvalue weighted by Crippen LogP contribution is -2.38. The Bertz CT molecular complexity index is 444. The summed E-state index contributed by atoms with van der Waals surface area (Å²) in [5.41, 5.74) is 0.554. The van der Waals surface area contributed by atoms with Crippen LogP contribution in [0, 0.1) is 0 Å². The minimum Gasteiger partial charge on any atom is -0.465 e. The normalized spacial score (nSPS) is 18.0. The molecular formula is C15H23N3O2. The van der Waals surface area contributed by atoms with E-state index in [9.17, 15) is 4.79 Å². The van der Waals surface area contributed by atoms with E-state index in [1.54, 1.807) is 12.3 Å². The van der Waals surface area contributed by atoms with Crippen molar-refractivity contribution in [1.82, 2.24) is 10.3 Å². The highest BCUT2D eigenvalue weighted by atomic mass is 16.5. The van der Waals surface area contributed by atoms with Crippen LogP contribution in [0.4, 0.5) is 5.82 Å². The predicted octanol–water partition coefficient (Wildman–Crippen LogP) is 1.84. The van der Waals surface area contributed by atoms with E-state index in [0.29, 0.717) is 11.6 Å². The Morgan fingerprint density at radius 1 is 1.60 bits per heavy atom. The highest BCUT2D eigenvalue weighted by Gasteiger charge is 2.19. The van der Waals surface area contributed by atoms with Crippen molar-refractivity contribution in [2.45, 2.75) is 32.2 Å². The summed E-state index contributed by atoms with van der Waals surface area (Å²) in [7, 11) is 1.40. The largest absolute Gasteiger partial charge is 0.465 e. The number of nitrogens with one attached hydrogen (secondary N) is 1. The fraction of sp³-hybridized carbons (Fsp3) is 0.600. The van der Waals surface area contributed by atoms with Crippen molar-refractivity contribution in [1.29, 1.82) is 0 Å². The summed E-state index contributed by atoms with van der Waals surface area (Å²) < 4.78 is 4.77. The monoisotopic (exact) mass is 277 g/mol. The Hall–Kier alpha value is -1.62. The van der Waals surface area contributed by atoms with Gasteiger partial charge in [0.2, 0.25) is 0 Å². The number of esters is 1. The van der Waals surface area contributed by atoms with Crippen molar-refractivity contribution in [2.75, 3.05) is 31.6 Å². The van der Waals surface area contributed by atoms with Crippen molar-refractivity contribution < 1.29 is 9.53 Å². The lowest BCUT2D eigenvalue weighted by molar-refractivity contribution is 0.0600. The minimum atomic E-state index is -0.316. The van der Waals surface area contributed by atoms with Gasteiger partial charge in [-0.15, -0.1) is 0 Å². The zero-order valence-electron chi connectivity index (χ0n) is 12.3. The molecule has 2 heterocycles. The van der Waals surface area contributed by atoms with E-state index in [4.69, 9.17) is 4.74 Å². The SMILES string of the molecule is CCCN(CC1CCCN1)c1cc(C(=O)OC)ccn1. The Morgan fingerprint density at radius 3 is 3.10 bits per heavy atom. The van der Waals surface area contributed by atoms with Crippen molar-refractivity contribution in [3.63, 3.8) is 0 Å². The second kappa shape index (κ2) is 7.24. The zero-order valence-corrected chi connectivity index (χ0v) is 12.3. The molecule has 1 unspecified atom stereocenters. The lowest BCUT2D eigenvalue weighted by Gasteiger charge is -2.26. The van der Waals surface area contributed by atoms with Crippen LogP contribution in [0.2, 0.25) is 0 Å². The maximum Gasteiger partial charge on any atom is 0.338 e. The van der Waals surface area contributed by atoms with E-state index in [-0.39, 0.29) is 5.97 Å². The molecule has 1 saturated heterocycles. The predicted molar refractivity (Wildman–Crippen MR) is 79.1 cm³/mol. The van der Waals surface area contributed by atoms with Crippen LogP contribution in [-0.2, 0) is 4.74 Å². The number of hydrogen-bond acceptors (Lipinski definition) is 5. The molecule has 1 fully saturated rings. The molecule has 5 nitrogen and oxygen atoms in total. The Labute approximate surface area is 120 Å². The van der Waals surface area contributed by atoms with Gasteiger partial charge in [0.15, 0.2) is 0 Å². The molecule has 5 heteroatoms. The molecule has 0 bridgehead atoms. The molecular weight excluding hydrogens is 254 g/mol. The third-order valence-electron chi connectivity index (χ3n) is 3.59. The number of aromatic nitrogens is 1. The first-order chi connectivity index (χ1) is 9.74. The Balaban J connectivity index is 2.12. The van der Waals surface area contributed by atoms with Crippen LogP contribution < -0.4 is 10.2 Å². The van der Waals surface area contributed by atoms with Gasteiger partial charge in [-0.25, -0.2) is 9.78 Å². The molecule has 110 valence electrons. The van der Waals surface area contributed by atoms with Gasteiger partial charge in [-0.3, -0.25) is 0 Å². The van der Waals surface area contributed by atoms with Crippen LogP contribution >= 0.6 is 0 Å². The van der Waals surface area contributed by atoms with Crippen LogP contribution in [0.15, 0.2) is 18.3 Å². The number of methoxy groups -OCH3 is 1. The van der Waals surface area contributed by atoms with E-state index < -0.39 is 0 Å². The number of anilines is 1. The number of carbonyl (C=O) groups excluding carboxylic acids is 1. The van der Waals surface area contributed by atoms with Crippen LogP contribution in [0.1, 0.15) is 36.5 Å². The summed E-state index contributed by atoms with van der Waals surface area (Å²) in [6.07, 6.45) is 5.17. The van der Waals surface area contributed by atoms with Gasteiger partial charge < -0.3 is 15.0 Å². The third-order valence-corrected chi connectivity index (χ3v) is 3.59. The maximum absolute atomic E-state index is 11.6. The summed E-state index contributed by atoms with van der Waals surface area (Å²) in [4.78, 5) is 18.3. The van der Waals surface area contributed by atoms with Crippen molar-refractivity contribution in [3.05, 3.63) is 23.9 Å². The molecule has 0 aliphatic carbocycles. The molecule has 1 atom stereocenters. The molecule has 0 radical (unpaired) electrons. The minimum absolute atomic E-state index is 0.316. The second-order valence-electron chi connectivity index (χ2n) is 5.13. The number of rotatable bonds is 6. The highest BCUT2D eigenvalue weighted by molar-refractivity contribution is 5.90. The van der Waals surface area contributed by atoms with Gasteiger partial charge in [-0.1, -0.05) is 6.92 Å². The van der Waals surface area contributed by atoms with Crippen LogP contribution in [0.25, 0.3) is 0 Å². The van der Waals surface area contributed by atoms with Gasteiger partial charge in [0, 0.05) is 25.3 Å². The van der Waals surface area contributed by atoms with Gasteiger partial charge in [0.1, 0.15) is 5.82 Å². The third kappa shape index (κ3) is 3.70. The summed E-state index contributed by atoms with van der Waals surface area (Å²) in [6, 6.07) is 4.02. The van der Waals surface area contributed by atoms with Gasteiger partial charge in [-0.05, 0) is 37.9 Å². The van der Waals surface area contributed by atoms with Gasteiger partial charge >= 0.3 is 5.97 Å². The quantitative estimate of drug-likeness (QED) is 0.804. The smallest absolute Gasteiger partial charge is 0.338 e. The van der Waals surface area contributed by atoms with Crippen molar-refractivity contribution in [3.8, 4) is 0 Å². The van der Waals surface area contributed by atoms with Crippen molar-refractivity contribution in [2.24, 2.45) is 0 Å². The summed E-state index contributed by atoms with van der Waals surface area (Å²) in [6.45, 7) is 5.13. The molecule has 1 N–H and O–H groups in total. The average molecular weight is 277 g/mol. The molecule has 0 saturated carbocycles. The van der Waals surface area contributed by atoms with E-state index >= 15 is 0 Å². The summed E-state index contributed by atoms with van der Waals surface area (Å²) in [5, 5.41) is 3.50. The molecule has 1 aromatic rings. The van der Waals surface area contributed by atoms with Crippen LogP contribution in [0.3, 0.4) is 0 Å². The standard InChI is InChI=1S/C15H23N3O2/c1-3-9-18(11-13-5-4-7-16-13)14-10-12(6-8-17-14)15(19)20-2/h6,8,10,13,16H,3-5,7,9,11H2,1-2H3. The summed E-state index contributed by atoms with van der Waals surface area (Å²) in [5.74, 6) is 0.535. The van der Waals surface area contributed by atoms with Gasteiger partial charge in [0.05, 0.1) is 12.7 Å². The molecule has 1 aliphatic heterocycles.